The monoisotopic (exact) mass is 259 g/mol. The molecular formula is C9H14Cl2OV. The van der Waals surface area contributed by atoms with E-state index in [1.165, 1.54) is 4.28 Å². The van der Waals surface area contributed by atoms with Gasteiger partial charge in [0.25, 0.3) is 0 Å². The summed E-state index contributed by atoms with van der Waals surface area (Å²) < 4.78 is 13.0. The van der Waals surface area contributed by atoms with Gasteiger partial charge in [0.2, 0.25) is 0 Å². The molecule has 0 aromatic rings. The van der Waals surface area contributed by atoms with Crippen LogP contribution in [0.2, 0.25) is 4.13 Å². The van der Waals surface area contributed by atoms with Gasteiger partial charge in [0.1, 0.15) is 0 Å². The van der Waals surface area contributed by atoms with E-state index in [0.29, 0.717) is 0 Å². The summed E-state index contributed by atoms with van der Waals surface area (Å²) in [6.07, 6.45) is 7.00. The zero-order chi connectivity index (χ0) is 8.48. The van der Waals surface area contributed by atoms with Crippen LogP contribution in [0, 0.1) is 0 Å². The predicted octanol–water partition coefficient (Wildman–Crippen LogP) is -2.98. The van der Waals surface area contributed by atoms with Crippen molar-refractivity contribution in [2.24, 2.45) is 0 Å². The first kappa shape index (κ1) is 15.9. The van der Waals surface area contributed by atoms with Crippen molar-refractivity contribution in [3.63, 3.8) is 0 Å². The van der Waals surface area contributed by atoms with Crippen LogP contribution < -0.4 is 24.8 Å². The molecular weight excluding hydrogens is 246 g/mol. The van der Waals surface area contributed by atoms with Gasteiger partial charge in [0.05, 0.1) is 0 Å². The molecule has 0 bridgehead atoms. The van der Waals surface area contributed by atoms with Crippen LogP contribution in [0.15, 0.2) is 22.5 Å². The Morgan fingerprint density at radius 3 is 2.15 bits per heavy atom. The van der Waals surface area contributed by atoms with E-state index < -0.39 is 15.1 Å². The second-order valence-electron chi connectivity index (χ2n) is 3.76. The number of hydrogen-bond donors (Lipinski definition) is 0. The molecule has 0 atom stereocenters. The SMILES string of the molecule is C[C](C)(C)[V+2](=[O])[C]1=CC=CC1.[Cl-].[Cl-]. The fourth-order valence-corrected chi connectivity index (χ4v) is 3.13. The van der Waals surface area contributed by atoms with Gasteiger partial charge < -0.3 is 24.8 Å². The summed E-state index contributed by atoms with van der Waals surface area (Å²) in [7, 11) is 0. The van der Waals surface area contributed by atoms with Gasteiger partial charge >= 0.3 is 72.6 Å². The van der Waals surface area contributed by atoms with E-state index in [9.17, 15) is 3.67 Å². The smallest absolute Gasteiger partial charge is 1.00 e. The molecule has 0 radical (unpaired) electrons. The Balaban J connectivity index is 0. The standard InChI is InChI=1S/C5H5.C4H9.2ClH.O.V/c1-2-4-5-3-1;1-4(2)3;;;;/h1-3H,4H2;1-3H3;2*1H;;/q;;;;;+2/p-2. The van der Waals surface area contributed by atoms with Crippen LogP contribution in [-0.4, -0.2) is 0 Å². The molecule has 0 fully saturated rings. The predicted molar refractivity (Wildman–Crippen MR) is 42.2 cm³/mol. The van der Waals surface area contributed by atoms with Gasteiger partial charge in [0, 0.05) is 0 Å². The Bertz CT molecular complexity index is 238. The number of allylic oxidation sites excluding steroid dienone is 4. The van der Waals surface area contributed by atoms with Gasteiger partial charge in [-0.1, -0.05) is 0 Å². The fourth-order valence-electron chi connectivity index (χ4n) is 1.02. The summed E-state index contributed by atoms with van der Waals surface area (Å²) >= 11 is -1.96. The minimum Gasteiger partial charge on any atom is -1.00 e. The van der Waals surface area contributed by atoms with E-state index in [2.05, 4.69) is 26.8 Å². The van der Waals surface area contributed by atoms with Crippen LogP contribution in [-0.2, 0) is 18.8 Å². The van der Waals surface area contributed by atoms with E-state index in [1.54, 1.807) is 0 Å². The molecule has 1 nitrogen and oxygen atoms in total. The number of hydrogen-bond acceptors (Lipinski definition) is 1. The molecule has 0 spiro atoms. The van der Waals surface area contributed by atoms with Gasteiger partial charge in [-0.15, -0.1) is 0 Å². The minimum absolute atomic E-state index is 0. The molecule has 13 heavy (non-hydrogen) atoms. The third-order valence-electron chi connectivity index (χ3n) is 1.62. The molecule has 75 valence electrons. The van der Waals surface area contributed by atoms with Crippen molar-refractivity contribution >= 4 is 0 Å². The van der Waals surface area contributed by atoms with Gasteiger partial charge in [-0.05, 0) is 0 Å². The van der Waals surface area contributed by atoms with Crippen molar-refractivity contribution in [3.8, 4) is 0 Å². The molecule has 1 aliphatic carbocycles. The molecule has 1 rings (SSSR count). The summed E-state index contributed by atoms with van der Waals surface area (Å²) in [5.74, 6) is 0. The van der Waals surface area contributed by atoms with Crippen molar-refractivity contribution in [1.29, 1.82) is 0 Å². The van der Waals surface area contributed by atoms with Crippen LogP contribution in [0.5, 0.6) is 0 Å². The second kappa shape index (κ2) is 6.03. The Morgan fingerprint density at radius 1 is 1.31 bits per heavy atom. The summed E-state index contributed by atoms with van der Waals surface area (Å²) in [5.41, 5.74) is 0. The molecule has 1 aliphatic rings. The van der Waals surface area contributed by atoms with Gasteiger partial charge in [-0.2, -0.15) is 0 Å². The Morgan fingerprint density at radius 2 is 1.85 bits per heavy atom. The van der Waals surface area contributed by atoms with E-state index >= 15 is 0 Å². The van der Waals surface area contributed by atoms with Crippen molar-refractivity contribution in [2.75, 3.05) is 0 Å². The molecule has 0 saturated heterocycles. The van der Waals surface area contributed by atoms with Crippen molar-refractivity contribution in [1.82, 2.24) is 0 Å². The zero-order valence-electron chi connectivity index (χ0n) is 8.05. The molecule has 0 N–H and O–H groups in total. The summed E-state index contributed by atoms with van der Waals surface area (Å²) in [4.78, 5) is 0. The second-order valence-corrected chi connectivity index (χ2v) is 7.67. The van der Waals surface area contributed by atoms with Crippen molar-refractivity contribution in [2.45, 2.75) is 31.3 Å². The minimum atomic E-state index is -1.96. The average Bonchev–Trinajstić information content (AvgIpc) is 2.34. The van der Waals surface area contributed by atoms with Crippen LogP contribution in [0.4, 0.5) is 0 Å². The third-order valence-corrected chi connectivity index (χ3v) is 4.86. The normalized spacial score (nSPS) is 14.2. The Hall–Kier alpha value is 0.444. The zero-order valence-corrected chi connectivity index (χ0v) is 11.0. The summed E-state index contributed by atoms with van der Waals surface area (Å²) in [5, 5.41) is 0. The summed E-state index contributed by atoms with van der Waals surface area (Å²) in [6, 6.07) is 0. The molecule has 0 aromatic heterocycles. The third kappa shape index (κ3) is 4.46. The number of rotatable bonds is 1. The molecule has 0 aromatic carbocycles. The first-order chi connectivity index (χ1) is 5.02. The largest absolute Gasteiger partial charge is 1.00 e. The average molecular weight is 260 g/mol. The quantitative estimate of drug-likeness (QED) is 0.492. The molecule has 0 unspecified atom stereocenters. The van der Waals surface area contributed by atoms with E-state index in [0.717, 1.165) is 6.42 Å². The topological polar surface area (TPSA) is 17.1 Å². The van der Waals surface area contributed by atoms with E-state index in [1.807, 2.05) is 12.2 Å². The van der Waals surface area contributed by atoms with E-state index in [4.69, 9.17) is 0 Å². The van der Waals surface area contributed by atoms with Crippen LogP contribution >= 0.6 is 0 Å². The molecule has 4 heteroatoms. The maximum absolute atomic E-state index is 11.8. The van der Waals surface area contributed by atoms with Crippen LogP contribution in [0.25, 0.3) is 0 Å². The molecule has 0 amide bonds. The molecule has 0 saturated carbocycles. The number of halogens is 2. The first-order valence-electron chi connectivity index (χ1n) is 3.85. The van der Waals surface area contributed by atoms with Crippen molar-refractivity contribution < 1.29 is 43.6 Å². The van der Waals surface area contributed by atoms with Crippen LogP contribution in [0.1, 0.15) is 27.2 Å². The van der Waals surface area contributed by atoms with Crippen molar-refractivity contribution in [3.05, 3.63) is 22.5 Å². The summed E-state index contributed by atoms with van der Waals surface area (Å²) in [6.45, 7) is 6.16. The van der Waals surface area contributed by atoms with Gasteiger partial charge in [-0.3, -0.25) is 0 Å². The molecule has 0 aliphatic heterocycles. The maximum Gasteiger partial charge on any atom is -1.00 e. The van der Waals surface area contributed by atoms with Crippen LogP contribution in [0.3, 0.4) is 0 Å². The molecule has 0 heterocycles. The Kier molecular flexibility index (Phi) is 7.37. The Labute approximate surface area is 97.2 Å². The van der Waals surface area contributed by atoms with Gasteiger partial charge in [0.15, 0.2) is 0 Å². The fraction of sp³-hybridized carbons (Fsp3) is 0.556. The maximum atomic E-state index is 11.8. The van der Waals surface area contributed by atoms with Gasteiger partial charge in [-0.25, -0.2) is 0 Å². The first-order valence-corrected chi connectivity index (χ1v) is 5.81. The van der Waals surface area contributed by atoms with E-state index in [-0.39, 0.29) is 28.9 Å².